The number of carbonyl (C=O) groups is 2. The number of amides is 1. The fourth-order valence-electron chi connectivity index (χ4n) is 3.26. The van der Waals surface area contributed by atoms with Crippen LogP contribution in [0.1, 0.15) is 58.8 Å². The first kappa shape index (κ1) is 19.9. The smallest absolute Gasteiger partial charge is 0.307 e. The summed E-state index contributed by atoms with van der Waals surface area (Å²) in [5.74, 6) is 0.488. The van der Waals surface area contributed by atoms with E-state index in [1.165, 1.54) is 39.2 Å². The van der Waals surface area contributed by atoms with Crippen molar-refractivity contribution in [2.75, 3.05) is 39.8 Å². The van der Waals surface area contributed by atoms with Crippen molar-refractivity contribution < 1.29 is 14.3 Å². The molecule has 0 radical (unpaired) electrons. The van der Waals surface area contributed by atoms with E-state index in [2.05, 4.69) is 18.7 Å². The number of likely N-dealkylation sites (N-methyl/N-ethyl adjacent to an activating group) is 1. The summed E-state index contributed by atoms with van der Waals surface area (Å²) in [7, 11) is 1.40. The maximum atomic E-state index is 12.7. The van der Waals surface area contributed by atoms with Gasteiger partial charge in [-0.15, -0.1) is 0 Å². The first-order valence-corrected chi connectivity index (χ1v) is 9.17. The lowest BCUT2D eigenvalue weighted by Gasteiger charge is -2.29. The van der Waals surface area contributed by atoms with E-state index in [9.17, 15) is 9.59 Å². The predicted octanol–water partition coefficient (Wildman–Crippen LogP) is 2.69. The molecule has 0 aromatic heterocycles. The quantitative estimate of drug-likeness (QED) is 0.579. The molecule has 134 valence electrons. The van der Waals surface area contributed by atoms with Gasteiger partial charge in [0.15, 0.2) is 0 Å². The molecule has 1 fully saturated rings. The molecule has 5 heteroatoms. The Kier molecular flexibility index (Phi) is 9.92. The molecular formula is C18H34N2O3. The highest BCUT2D eigenvalue weighted by Crippen LogP contribution is 2.26. The molecule has 0 N–H and O–H groups in total. The van der Waals surface area contributed by atoms with Crippen LogP contribution in [0, 0.1) is 5.92 Å². The van der Waals surface area contributed by atoms with Crippen molar-refractivity contribution in [1.82, 2.24) is 9.80 Å². The molecule has 0 aromatic carbocycles. The van der Waals surface area contributed by atoms with Gasteiger partial charge in [-0.05, 0) is 31.8 Å². The van der Waals surface area contributed by atoms with E-state index >= 15 is 0 Å². The fraction of sp³-hybridized carbons (Fsp3) is 0.889. The number of carbonyl (C=O) groups excluding carboxylic acids is 2. The molecule has 0 bridgehead atoms. The largest absolute Gasteiger partial charge is 0.469 e. The van der Waals surface area contributed by atoms with E-state index in [4.69, 9.17) is 4.74 Å². The highest BCUT2D eigenvalue weighted by atomic mass is 16.5. The maximum Gasteiger partial charge on any atom is 0.307 e. The first-order chi connectivity index (χ1) is 11.1. The van der Waals surface area contributed by atoms with Crippen LogP contribution in [0.4, 0.5) is 0 Å². The van der Waals surface area contributed by atoms with Crippen molar-refractivity contribution in [1.29, 1.82) is 0 Å². The second kappa shape index (κ2) is 11.4. The number of esters is 1. The molecule has 0 aromatic rings. The van der Waals surface area contributed by atoms with E-state index in [1.54, 1.807) is 0 Å². The minimum atomic E-state index is -0.247. The van der Waals surface area contributed by atoms with Crippen molar-refractivity contribution in [3.05, 3.63) is 0 Å². The summed E-state index contributed by atoms with van der Waals surface area (Å²) in [6.07, 6.45) is 7.07. The maximum absolute atomic E-state index is 12.7. The number of ether oxygens (including phenoxy) is 1. The molecule has 0 atom stereocenters. The van der Waals surface area contributed by atoms with E-state index < -0.39 is 0 Å². The van der Waals surface area contributed by atoms with Crippen molar-refractivity contribution in [2.24, 2.45) is 5.92 Å². The van der Waals surface area contributed by atoms with Gasteiger partial charge in [0.1, 0.15) is 0 Å². The third-order valence-corrected chi connectivity index (χ3v) is 4.93. The van der Waals surface area contributed by atoms with Crippen molar-refractivity contribution in [2.45, 2.75) is 58.8 Å². The molecule has 0 saturated heterocycles. The van der Waals surface area contributed by atoms with Crippen molar-refractivity contribution >= 4 is 11.9 Å². The molecule has 1 rings (SSSR count). The van der Waals surface area contributed by atoms with Crippen LogP contribution in [0.3, 0.4) is 0 Å². The van der Waals surface area contributed by atoms with Crippen molar-refractivity contribution in [3.8, 4) is 0 Å². The van der Waals surface area contributed by atoms with Gasteiger partial charge in [-0.3, -0.25) is 9.59 Å². The van der Waals surface area contributed by atoms with Gasteiger partial charge in [0.25, 0.3) is 0 Å². The topological polar surface area (TPSA) is 49.9 Å². The Morgan fingerprint density at radius 2 is 1.65 bits per heavy atom. The second-order valence-corrected chi connectivity index (χ2v) is 6.44. The number of methoxy groups -OCH3 is 1. The summed E-state index contributed by atoms with van der Waals surface area (Å²) in [6, 6.07) is 0. The van der Waals surface area contributed by atoms with Gasteiger partial charge >= 0.3 is 5.97 Å². The Morgan fingerprint density at radius 1 is 1.00 bits per heavy atom. The van der Waals surface area contributed by atoms with Gasteiger partial charge in [-0.25, -0.2) is 0 Å². The lowest BCUT2D eigenvalue weighted by molar-refractivity contribution is -0.142. The Hall–Kier alpha value is -1.10. The van der Waals surface area contributed by atoms with Gasteiger partial charge < -0.3 is 14.5 Å². The lowest BCUT2D eigenvalue weighted by Crippen LogP contribution is -2.40. The molecule has 1 saturated carbocycles. The fourth-order valence-corrected chi connectivity index (χ4v) is 3.26. The molecule has 0 unspecified atom stereocenters. The third-order valence-electron chi connectivity index (χ3n) is 4.93. The average molecular weight is 326 g/mol. The molecule has 0 spiro atoms. The standard InChI is InChI=1S/C18H34N2O3/c1-4-19(5-2)13-14-20(12-11-18(22)23-3)17(21)15-16-9-7-6-8-10-16/h16H,4-15H2,1-3H3. The minimum absolute atomic E-state index is 0.202. The Labute approximate surface area is 141 Å². The summed E-state index contributed by atoms with van der Waals surface area (Å²) in [5.41, 5.74) is 0. The second-order valence-electron chi connectivity index (χ2n) is 6.44. The van der Waals surface area contributed by atoms with Crippen LogP contribution in [-0.4, -0.2) is 61.5 Å². The summed E-state index contributed by atoms with van der Waals surface area (Å²) in [4.78, 5) is 28.2. The third kappa shape index (κ3) is 7.82. The Bertz CT molecular complexity index is 350. The molecule has 0 heterocycles. The van der Waals surface area contributed by atoms with Gasteiger partial charge in [-0.1, -0.05) is 33.1 Å². The van der Waals surface area contributed by atoms with Gasteiger partial charge in [0, 0.05) is 26.1 Å². The molecule has 1 aliphatic rings. The first-order valence-electron chi connectivity index (χ1n) is 9.17. The highest BCUT2D eigenvalue weighted by molar-refractivity contribution is 5.77. The summed E-state index contributed by atoms with van der Waals surface area (Å²) in [5, 5.41) is 0. The van der Waals surface area contributed by atoms with E-state index in [-0.39, 0.29) is 18.3 Å². The van der Waals surface area contributed by atoms with Crippen molar-refractivity contribution in [3.63, 3.8) is 0 Å². The summed E-state index contributed by atoms with van der Waals surface area (Å²) in [6.45, 7) is 8.27. The normalized spacial score (nSPS) is 15.7. The minimum Gasteiger partial charge on any atom is -0.469 e. The number of hydrogen-bond donors (Lipinski definition) is 0. The highest BCUT2D eigenvalue weighted by Gasteiger charge is 2.22. The molecule has 0 aliphatic heterocycles. The van der Waals surface area contributed by atoms with Crippen LogP contribution in [0.25, 0.3) is 0 Å². The molecule has 1 amide bonds. The molecule has 23 heavy (non-hydrogen) atoms. The van der Waals surface area contributed by atoms with Crippen LogP contribution in [0.5, 0.6) is 0 Å². The monoisotopic (exact) mass is 326 g/mol. The van der Waals surface area contributed by atoms with Crippen LogP contribution < -0.4 is 0 Å². The van der Waals surface area contributed by atoms with Crippen LogP contribution in [0.2, 0.25) is 0 Å². The van der Waals surface area contributed by atoms with E-state index in [0.29, 0.717) is 25.4 Å². The Morgan fingerprint density at radius 3 is 2.22 bits per heavy atom. The zero-order valence-electron chi connectivity index (χ0n) is 15.2. The lowest BCUT2D eigenvalue weighted by atomic mass is 9.86. The number of hydrogen-bond acceptors (Lipinski definition) is 4. The summed E-state index contributed by atoms with van der Waals surface area (Å²) < 4.78 is 4.71. The van der Waals surface area contributed by atoms with E-state index in [1.807, 2.05) is 4.90 Å². The number of nitrogens with zero attached hydrogens (tertiary/aromatic N) is 2. The SMILES string of the molecule is CCN(CC)CCN(CCC(=O)OC)C(=O)CC1CCCCC1. The van der Waals surface area contributed by atoms with Gasteiger partial charge in [0.2, 0.25) is 5.91 Å². The average Bonchev–Trinajstić information content (AvgIpc) is 2.58. The number of rotatable bonds is 10. The van der Waals surface area contributed by atoms with Crippen LogP contribution >= 0.6 is 0 Å². The summed E-state index contributed by atoms with van der Waals surface area (Å²) >= 11 is 0. The van der Waals surface area contributed by atoms with E-state index in [0.717, 1.165) is 19.6 Å². The molecule has 5 nitrogen and oxygen atoms in total. The molecular weight excluding hydrogens is 292 g/mol. The Balaban J connectivity index is 2.52. The van der Waals surface area contributed by atoms with Gasteiger partial charge in [-0.2, -0.15) is 0 Å². The molecule has 1 aliphatic carbocycles. The van der Waals surface area contributed by atoms with Crippen LogP contribution in [0.15, 0.2) is 0 Å². The zero-order valence-corrected chi connectivity index (χ0v) is 15.2. The zero-order chi connectivity index (χ0) is 17.1. The van der Waals surface area contributed by atoms with Gasteiger partial charge in [0.05, 0.1) is 13.5 Å². The predicted molar refractivity (Wildman–Crippen MR) is 92.2 cm³/mol. The van der Waals surface area contributed by atoms with Crippen LogP contribution in [-0.2, 0) is 14.3 Å².